The van der Waals surface area contributed by atoms with E-state index in [4.69, 9.17) is 0 Å². The zero-order valence-corrected chi connectivity index (χ0v) is 14.0. The van der Waals surface area contributed by atoms with Crippen LogP contribution in [0.2, 0.25) is 0 Å². The first-order chi connectivity index (χ1) is 10.0. The zero-order chi connectivity index (χ0) is 15.8. The van der Waals surface area contributed by atoms with Gasteiger partial charge in [-0.15, -0.1) is 0 Å². The fourth-order valence-electron chi connectivity index (χ4n) is 3.28. The fourth-order valence-corrected chi connectivity index (χ4v) is 3.28. The number of piperidine rings is 1. The van der Waals surface area contributed by atoms with Crippen LogP contribution >= 0.6 is 0 Å². The maximum Gasteiger partial charge on any atom is 0.108 e. The van der Waals surface area contributed by atoms with Gasteiger partial charge in [0.1, 0.15) is 6.10 Å². The normalized spacial score (nSPS) is 32.3. The molecule has 0 aromatic rings. The van der Waals surface area contributed by atoms with Crippen LogP contribution in [-0.2, 0) is 0 Å². The first kappa shape index (κ1) is 18.9. The largest absolute Gasteiger partial charge is 0.389 e. The molecule has 1 rings (SSSR count). The maximum absolute atomic E-state index is 9.99. The molecule has 126 valence electrons. The van der Waals surface area contributed by atoms with Crippen molar-refractivity contribution in [3.63, 3.8) is 0 Å². The van der Waals surface area contributed by atoms with Gasteiger partial charge in [0.25, 0.3) is 0 Å². The molecule has 1 heterocycles. The lowest BCUT2D eigenvalue weighted by molar-refractivity contribution is -0.135. The Kier molecular flexibility index (Phi) is 8.79. The van der Waals surface area contributed by atoms with Gasteiger partial charge in [0.05, 0.1) is 12.2 Å². The molecule has 0 spiro atoms. The van der Waals surface area contributed by atoms with Crippen molar-refractivity contribution >= 4 is 0 Å². The van der Waals surface area contributed by atoms with Crippen LogP contribution in [0, 0.1) is 5.92 Å². The minimum absolute atomic E-state index is 0.0856. The molecule has 0 aliphatic carbocycles. The van der Waals surface area contributed by atoms with Crippen molar-refractivity contribution in [1.82, 2.24) is 4.90 Å². The maximum atomic E-state index is 9.99. The predicted octanol–water partition coefficient (Wildman–Crippen LogP) is 2.16. The molecule has 4 nitrogen and oxygen atoms in total. The van der Waals surface area contributed by atoms with Crippen LogP contribution in [0.15, 0.2) is 0 Å². The van der Waals surface area contributed by atoms with Crippen molar-refractivity contribution in [1.29, 1.82) is 0 Å². The second-order valence-electron chi connectivity index (χ2n) is 6.72. The number of β-amino-alcohol motifs (C(OH)–C–C–N with tert-alkyl or cyclic N) is 1. The molecule has 4 heteroatoms. The number of nitrogens with zero attached hydrogens (tertiary/aromatic N) is 1. The third-order valence-corrected chi connectivity index (χ3v) is 5.02. The number of likely N-dealkylation sites (tertiary alicyclic amines) is 1. The highest BCUT2D eigenvalue weighted by molar-refractivity contribution is 4.92. The summed E-state index contributed by atoms with van der Waals surface area (Å²) in [5, 5.41) is 29.6. The Morgan fingerprint density at radius 3 is 2.29 bits per heavy atom. The lowest BCUT2D eigenvalue weighted by Gasteiger charge is -2.43. The summed E-state index contributed by atoms with van der Waals surface area (Å²) in [4.78, 5) is 2.14. The Bertz CT molecular complexity index is 275. The van der Waals surface area contributed by atoms with Gasteiger partial charge >= 0.3 is 0 Å². The highest BCUT2D eigenvalue weighted by atomic mass is 16.4. The Labute approximate surface area is 130 Å². The standard InChI is InChI=1S/C17H35NO3/c1-4-6-7-8-9-10-14(5-2)11-18-12-15(19)17(21)16(20)13(18)3/h13-17,19-21H,4-12H2,1-3H3. The van der Waals surface area contributed by atoms with Crippen molar-refractivity contribution < 1.29 is 15.3 Å². The Balaban J connectivity index is 2.37. The molecule has 0 saturated carbocycles. The number of aliphatic hydroxyl groups is 3. The highest BCUT2D eigenvalue weighted by Gasteiger charge is 2.39. The van der Waals surface area contributed by atoms with Gasteiger partial charge in [-0.05, 0) is 19.3 Å². The van der Waals surface area contributed by atoms with Crippen molar-refractivity contribution in [3.05, 3.63) is 0 Å². The van der Waals surface area contributed by atoms with E-state index in [9.17, 15) is 15.3 Å². The highest BCUT2D eigenvalue weighted by Crippen LogP contribution is 2.23. The third-order valence-electron chi connectivity index (χ3n) is 5.02. The Morgan fingerprint density at radius 2 is 1.67 bits per heavy atom. The number of unbranched alkanes of at least 4 members (excludes halogenated alkanes) is 4. The summed E-state index contributed by atoms with van der Waals surface area (Å²) in [6, 6.07) is -0.0856. The van der Waals surface area contributed by atoms with E-state index in [2.05, 4.69) is 18.7 Å². The summed E-state index contributed by atoms with van der Waals surface area (Å²) in [7, 11) is 0. The van der Waals surface area contributed by atoms with Gasteiger partial charge in [-0.25, -0.2) is 0 Å². The summed E-state index contributed by atoms with van der Waals surface area (Å²) in [5.41, 5.74) is 0. The van der Waals surface area contributed by atoms with Crippen LogP contribution in [0.4, 0.5) is 0 Å². The first-order valence-corrected chi connectivity index (χ1v) is 8.79. The Morgan fingerprint density at radius 1 is 1.00 bits per heavy atom. The molecule has 21 heavy (non-hydrogen) atoms. The van der Waals surface area contributed by atoms with E-state index in [0.717, 1.165) is 13.0 Å². The summed E-state index contributed by atoms with van der Waals surface area (Å²) in [5.74, 6) is 0.615. The van der Waals surface area contributed by atoms with E-state index in [1.54, 1.807) is 0 Å². The van der Waals surface area contributed by atoms with Crippen molar-refractivity contribution in [3.8, 4) is 0 Å². The van der Waals surface area contributed by atoms with Crippen LogP contribution < -0.4 is 0 Å². The molecule has 1 aliphatic rings. The summed E-state index contributed by atoms with van der Waals surface area (Å²) in [6.07, 6.45) is 6.18. The molecule has 1 saturated heterocycles. The molecule has 1 aliphatic heterocycles. The van der Waals surface area contributed by atoms with Crippen LogP contribution in [0.1, 0.15) is 65.7 Å². The number of hydrogen-bond acceptors (Lipinski definition) is 4. The monoisotopic (exact) mass is 301 g/mol. The molecule has 0 aromatic heterocycles. The van der Waals surface area contributed by atoms with Crippen molar-refractivity contribution in [2.45, 2.75) is 90.1 Å². The lowest BCUT2D eigenvalue weighted by Crippen LogP contribution is -2.60. The minimum Gasteiger partial charge on any atom is -0.389 e. The molecule has 3 N–H and O–H groups in total. The van der Waals surface area contributed by atoms with Crippen molar-refractivity contribution in [2.24, 2.45) is 5.92 Å². The van der Waals surface area contributed by atoms with Crippen LogP contribution in [0.25, 0.3) is 0 Å². The number of rotatable bonds is 9. The molecule has 1 fully saturated rings. The van der Waals surface area contributed by atoms with Gasteiger partial charge in [-0.3, -0.25) is 4.90 Å². The summed E-state index contributed by atoms with van der Waals surface area (Å²) < 4.78 is 0. The molecule has 0 amide bonds. The van der Waals surface area contributed by atoms with Crippen LogP contribution in [-0.4, -0.2) is 57.7 Å². The van der Waals surface area contributed by atoms with Gasteiger partial charge in [0, 0.05) is 19.1 Å². The molecule has 0 radical (unpaired) electrons. The number of hydrogen-bond donors (Lipinski definition) is 3. The zero-order valence-electron chi connectivity index (χ0n) is 14.0. The second kappa shape index (κ2) is 9.78. The molecule has 0 aromatic carbocycles. The van der Waals surface area contributed by atoms with Crippen LogP contribution in [0.3, 0.4) is 0 Å². The average molecular weight is 301 g/mol. The second-order valence-corrected chi connectivity index (χ2v) is 6.72. The van der Waals surface area contributed by atoms with Crippen molar-refractivity contribution in [2.75, 3.05) is 13.1 Å². The predicted molar refractivity (Wildman–Crippen MR) is 86.2 cm³/mol. The average Bonchev–Trinajstić information content (AvgIpc) is 2.48. The van der Waals surface area contributed by atoms with Gasteiger partial charge in [-0.2, -0.15) is 0 Å². The first-order valence-electron chi connectivity index (χ1n) is 8.79. The van der Waals surface area contributed by atoms with Gasteiger partial charge in [-0.1, -0.05) is 52.4 Å². The SMILES string of the molecule is CCCCCCCC(CC)CN1CC(O)C(O)C(O)C1C. The molecule has 0 bridgehead atoms. The molecular formula is C17H35NO3. The molecule has 5 unspecified atom stereocenters. The Hall–Kier alpha value is -0.160. The van der Waals surface area contributed by atoms with E-state index in [-0.39, 0.29) is 6.04 Å². The van der Waals surface area contributed by atoms with E-state index in [1.165, 1.54) is 38.5 Å². The summed E-state index contributed by atoms with van der Waals surface area (Å²) in [6.45, 7) is 7.76. The third kappa shape index (κ3) is 5.85. The van der Waals surface area contributed by atoms with Gasteiger partial charge in [0.2, 0.25) is 0 Å². The molecular weight excluding hydrogens is 266 g/mol. The van der Waals surface area contributed by atoms with E-state index in [0.29, 0.717) is 12.5 Å². The van der Waals surface area contributed by atoms with Gasteiger partial charge in [0.15, 0.2) is 0 Å². The fraction of sp³-hybridized carbons (Fsp3) is 1.00. The van der Waals surface area contributed by atoms with E-state index >= 15 is 0 Å². The number of aliphatic hydroxyl groups excluding tert-OH is 3. The lowest BCUT2D eigenvalue weighted by atomic mass is 9.91. The van der Waals surface area contributed by atoms with Gasteiger partial charge < -0.3 is 15.3 Å². The smallest absolute Gasteiger partial charge is 0.108 e. The van der Waals surface area contributed by atoms with E-state index < -0.39 is 18.3 Å². The van der Waals surface area contributed by atoms with E-state index in [1.807, 2.05) is 6.92 Å². The van der Waals surface area contributed by atoms with Crippen LogP contribution in [0.5, 0.6) is 0 Å². The molecule has 5 atom stereocenters. The summed E-state index contributed by atoms with van der Waals surface area (Å²) >= 11 is 0. The quantitative estimate of drug-likeness (QED) is 0.571. The minimum atomic E-state index is -1.01. The topological polar surface area (TPSA) is 63.9 Å².